The van der Waals surface area contributed by atoms with Crippen molar-refractivity contribution in [2.45, 2.75) is 11.4 Å². The second-order valence-electron chi connectivity index (χ2n) is 6.91. The molecule has 0 aliphatic carbocycles. The molecule has 2 amide bonds. The summed E-state index contributed by atoms with van der Waals surface area (Å²) in [5.74, 6) is 0.520. The Morgan fingerprint density at radius 3 is 2.06 bits per heavy atom. The Bertz CT molecular complexity index is 991. The molecule has 0 bridgehead atoms. The largest absolute Gasteiger partial charge is 0.485 e. The zero-order valence-corrected chi connectivity index (χ0v) is 17.5. The average molecular weight is 435 g/mol. The van der Waals surface area contributed by atoms with E-state index in [2.05, 4.69) is 10.9 Å². The average Bonchev–Trinajstić information content (AvgIpc) is 2.83. The molecule has 7 heteroatoms. The van der Waals surface area contributed by atoms with E-state index in [9.17, 15) is 9.59 Å². The molecule has 0 saturated heterocycles. The minimum Gasteiger partial charge on any atom is -0.485 e. The summed E-state index contributed by atoms with van der Waals surface area (Å²) in [5, 5.41) is 0.00966. The fourth-order valence-electron chi connectivity index (χ4n) is 3.20. The first kappa shape index (κ1) is 20.8. The van der Waals surface area contributed by atoms with Crippen molar-refractivity contribution >= 4 is 23.6 Å². The fraction of sp³-hybridized carbons (Fsp3) is 0.167. The van der Waals surface area contributed by atoms with Crippen molar-refractivity contribution < 1.29 is 19.1 Å². The number of carbonyl (C=O) groups excluding carboxylic acids is 2. The SMILES string of the molecule is O=C(CSC(c1ccccc1)c1ccccc1)NNC(=O)[C@H]1COc2ccccc2O1. The van der Waals surface area contributed by atoms with Crippen molar-refractivity contribution in [3.05, 3.63) is 96.1 Å². The number of benzene rings is 3. The van der Waals surface area contributed by atoms with E-state index in [0.717, 1.165) is 11.1 Å². The number of thioether (sulfide) groups is 1. The zero-order valence-electron chi connectivity index (χ0n) is 16.7. The second-order valence-corrected chi connectivity index (χ2v) is 8.01. The third-order valence-corrected chi connectivity index (χ3v) is 6.02. The molecule has 0 fully saturated rings. The van der Waals surface area contributed by atoms with Crippen LogP contribution in [0.3, 0.4) is 0 Å². The van der Waals surface area contributed by atoms with E-state index in [1.807, 2.05) is 66.7 Å². The van der Waals surface area contributed by atoms with Crippen LogP contribution in [-0.4, -0.2) is 30.3 Å². The number of hydrazine groups is 1. The van der Waals surface area contributed by atoms with Gasteiger partial charge in [-0.2, -0.15) is 0 Å². The van der Waals surface area contributed by atoms with E-state index >= 15 is 0 Å². The summed E-state index contributed by atoms with van der Waals surface area (Å²) in [6, 6.07) is 27.2. The second kappa shape index (κ2) is 10.0. The normalized spacial score (nSPS) is 14.7. The Morgan fingerprint density at radius 1 is 0.839 bits per heavy atom. The lowest BCUT2D eigenvalue weighted by atomic mass is 10.0. The Labute approximate surface area is 184 Å². The first-order valence-electron chi connectivity index (χ1n) is 9.89. The number of rotatable bonds is 6. The van der Waals surface area contributed by atoms with Crippen LogP contribution in [0.1, 0.15) is 16.4 Å². The summed E-state index contributed by atoms with van der Waals surface area (Å²) >= 11 is 1.49. The number of ether oxygens (including phenoxy) is 2. The Balaban J connectivity index is 1.30. The van der Waals surface area contributed by atoms with Gasteiger partial charge in [-0.3, -0.25) is 20.4 Å². The number of para-hydroxylation sites is 2. The third kappa shape index (κ3) is 5.38. The lowest BCUT2D eigenvalue weighted by molar-refractivity contribution is -0.134. The van der Waals surface area contributed by atoms with Crippen LogP contribution in [0, 0.1) is 0 Å². The Morgan fingerprint density at radius 2 is 1.42 bits per heavy atom. The molecular weight excluding hydrogens is 412 g/mol. The molecule has 31 heavy (non-hydrogen) atoms. The quantitative estimate of drug-likeness (QED) is 0.581. The standard InChI is InChI=1S/C24H22N2O4S/c27-22(25-26-24(28)21-15-29-19-13-7-8-14-20(19)30-21)16-31-23(17-9-3-1-4-10-17)18-11-5-2-6-12-18/h1-14,21,23H,15-16H2,(H,25,27)(H,26,28)/t21-/m1/s1. The maximum absolute atomic E-state index is 12.4. The molecule has 0 unspecified atom stereocenters. The van der Waals surface area contributed by atoms with Gasteiger partial charge in [0.25, 0.3) is 5.91 Å². The number of hydrogen-bond donors (Lipinski definition) is 2. The smallest absolute Gasteiger partial charge is 0.283 e. The molecule has 1 heterocycles. The molecule has 3 aromatic carbocycles. The van der Waals surface area contributed by atoms with Crippen LogP contribution < -0.4 is 20.3 Å². The van der Waals surface area contributed by atoms with Gasteiger partial charge in [-0.25, -0.2) is 0 Å². The molecule has 3 aromatic rings. The van der Waals surface area contributed by atoms with Crippen LogP contribution in [0.5, 0.6) is 11.5 Å². The van der Waals surface area contributed by atoms with Gasteiger partial charge in [0.2, 0.25) is 12.0 Å². The Kier molecular flexibility index (Phi) is 6.74. The summed E-state index contributed by atoms with van der Waals surface area (Å²) in [6.07, 6.45) is -0.829. The van der Waals surface area contributed by atoms with Crippen molar-refractivity contribution in [1.82, 2.24) is 10.9 Å². The van der Waals surface area contributed by atoms with E-state index in [0.29, 0.717) is 11.5 Å². The van der Waals surface area contributed by atoms with Gasteiger partial charge < -0.3 is 9.47 Å². The van der Waals surface area contributed by atoms with Gasteiger partial charge in [0.1, 0.15) is 6.61 Å². The van der Waals surface area contributed by atoms with Crippen LogP contribution in [0.15, 0.2) is 84.9 Å². The fourth-order valence-corrected chi connectivity index (χ4v) is 4.29. The van der Waals surface area contributed by atoms with Crippen LogP contribution in [0.4, 0.5) is 0 Å². The minimum absolute atomic E-state index is 0.00966. The van der Waals surface area contributed by atoms with Gasteiger partial charge in [0.05, 0.1) is 11.0 Å². The lowest BCUT2D eigenvalue weighted by Crippen LogP contribution is -2.51. The molecule has 1 aliphatic rings. The molecular formula is C24H22N2O4S. The van der Waals surface area contributed by atoms with Crippen LogP contribution in [-0.2, 0) is 9.59 Å². The molecule has 0 aromatic heterocycles. The molecule has 0 radical (unpaired) electrons. The van der Waals surface area contributed by atoms with E-state index in [1.165, 1.54) is 11.8 Å². The molecule has 1 aliphatic heterocycles. The highest BCUT2D eigenvalue weighted by Crippen LogP contribution is 2.35. The topological polar surface area (TPSA) is 76.7 Å². The van der Waals surface area contributed by atoms with Crippen molar-refractivity contribution in [2.75, 3.05) is 12.4 Å². The highest BCUT2D eigenvalue weighted by Gasteiger charge is 2.27. The predicted octanol–water partition coefficient (Wildman–Crippen LogP) is 3.50. The van der Waals surface area contributed by atoms with Gasteiger partial charge in [0, 0.05) is 0 Å². The van der Waals surface area contributed by atoms with Crippen molar-refractivity contribution in [1.29, 1.82) is 0 Å². The molecule has 1 atom stereocenters. The monoisotopic (exact) mass is 434 g/mol. The van der Waals surface area contributed by atoms with E-state index in [4.69, 9.17) is 9.47 Å². The predicted molar refractivity (Wildman–Crippen MR) is 120 cm³/mol. The highest BCUT2D eigenvalue weighted by molar-refractivity contribution is 8.00. The molecule has 0 saturated carbocycles. The van der Waals surface area contributed by atoms with Gasteiger partial charge >= 0.3 is 0 Å². The highest BCUT2D eigenvalue weighted by atomic mass is 32.2. The summed E-state index contributed by atoms with van der Waals surface area (Å²) in [5.41, 5.74) is 7.12. The summed E-state index contributed by atoms with van der Waals surface area (Å²) in [7, 11) is 0. The van der Waals surface area contributed by atoms with Crippen LogP contribution >= 0.6 is 11.8 Å². The summed E-state index contributed by atoms with van der Waals surface area (Å²) < 4.78 is 11.2. The number of nitrogens with one attached hydrogen (secondary N) is 2. The first-order chi connectivity index (χ1) is 15.2. The van der Waals surface area contributed by atoms with E-state index < -0.39 is 12.0 Å². The summed E-state index contributed by atoms with van der Waals surface area (Å²) in [4.78, 5) is 24.7. The van der Waals surface area contributed by atoms with Crippen molar-refractivity contribution in [2.24, 2.45) is 0 Å². The summed E-state index contributed by atoms with van der Waals surface area (Å²) in [6.45, 7) is 0.0809. The van der Waals surface area contributed by atoms with Crippen LogP contribution in [0.2, 0.25) is 0 Å². The van der Waals surface area contributed by atoms with E-state index in [1.54, 1.807) is 18.2 Å². The molecule has 158 valence electrons. The number of amides is 2. The maximum Gasteiger partial charge on any atom is 0.283 e. The molecule has 0 spiro atoms. The number of carbonyl (C=O) groups is 2. The van der Waals surface area contributed by atoms with Crippen molar-refractivity contribution in [3.63, 3.8) is 0 Å². The van der Waals surface area contributed by atoms with Crippen LogP contribution in [0.25, 0.3) is 0 Å². The van der Waals surface area contributed by atoms with Gasteiger partial charge in [-0.05, 0) is 23.3 Å². The lowest BCUT2D eigenvalue weighted by Gasteiger charge is -2.25. The first-order valence-corrected chi connectivity index (χ1v) is 10.9. The maximum atomic E-state index is 12.4. The van der Waals surface area contributed by atoms with Crippen molar-refractivity contribution in [3.8, 4) is 11.5 Å². The minimum atomic E-state index is -0.829. The van der Waals surface area contributed by atoms with Gasteiger partial charge in [-0.1, -0.05) is 72.8 Å². The number of fused-ring (bicyclic) bond motifs is 1. The molecule has 4 rings (SSSR count). The van der Waals surface area contributed by atoms with Gasteiger partial charge in [-0.15, -0.1) is 11.8 Å². The Hall–Kier alpha value is -3.45. The molecule has 2 N–H and O–H groups in total. The number of hydrogen-bond acceptors (Lipinski definition) is 5. The van der Waals surface area contributed by atoms with E-state index in [-0.39, 0.29) is 23.5 Å². The zero-order chi connectivity index (χ0) is 21.5. The third-order valence-electron chi connectivity index (χ3n) is 4.71. The molecule has 6 nitrogen and oxygen atoms in total. The van der Waals surface area contributed by atoms with Gasteiger partial charge in [0.15, 0.2) is 11.5 Å².